The fourth-order valence-corrected chi connectivity index (χ4v) is 5.60. The number of carbonyl (C=O) groups is 2. The number of allylic oxidation sites excluding steroid dienone is 3. The van der Waals surface area contributed by atoms with Crippen molar-refractivity contribution in [2.75, 3.05) is 0 Å². The molecular weight excluding hydrogens is 412 g/mol. The van der Waals surface area contributed by atoms with E-state index in [1.54, 1.807) is 0 Å². The maximum Gasteiger partial charge on any atom is 0.310 e. The van der Waals surface area contributed by atoms with Gasteiger partial charge in [-0.1, -0.05) is 80.3 Å². The number of unbranched alkanes of at least 4 members (excludes halogenated alkanes) is 2. The van der Waals surface area contributed by atoms with Gasteiger partial charge < -0.3 is 10.2 Å². The molecule has 2 unspecified atom stereocenters. The van der Waals surface area contributed by atoms with E-state index in [0.29, 0.717) is 18.6 Å². The van der Waals surface area contributed by atoms with Gasteiger partial charge in [0, 0.05) is 17.8 Å². The Balaban J connectivity index is 1.46. The van der Waals surface area contributed by atoms with Crippen LogP contribution in [0.1, 0.15) is 89.0 Å². The van der Waals surface area contributed by atoms with Gasteiger partial charge in [-0.2, -0.15) is 0 Å². The molecule has 0 bridgehead atoms. The number of aliphatic hydroxyl groups excluding tert-OH is 1. The quantitative estimate of drug-likeness (QED) is 0.266. The smallest absolute Gasteiger partial charge is 0.310 e. The Hall–Kier alpha value is -2.20. The first-order valence-corrected chi connectivity index (χ1v) is 12.7. The number of aliphatic hydroxyl groups is 1. The molecule has 3 rings (SSSR count). The summed E-state index contributed by atoms with van der Waals surface area (Å²) in [6.07, 6.45) is 17.8. The first-order chi connectivity index (χ1) is 16.0. The summed E-state index contributed by atoms with van der Waals surface area (Å²) in [5.74, 6) is -0.612. The molecule has 2 aliphatic carbocycles. The van der Waals surface area contributed by atoms with Crippen LogP contribution in [0.4, 0.5) is 0 Å². The maximum absolute atomic E-state index is 12.5. The molecule has 0 aliphatic heterocycles. The van der Waals surface area contributed by atoms with E-state index in [9.17, 15) is 19.8 Å². The minimum atomic E-state index is -0.769. The van der Waals surface area contributed by atoms with Gasteiger partial charge in [0.1, 0.15) is 5.78 Å². The molecule has 0 heterocycles. The van der Waals surface area contributed by atoms with Crippen LogP contribution < -0.4 is 0 Å². The zero-order valence-corrected chi connectivity index (χ0v) is 20.0. The fraction of sp³-hybridized carbons (Fsp3) is 0.586. The monoisotopic (exact) mass is 452 g/mol. The van der Waals surface area contributed by atoms with Crippen LogP contribution in [0.15, 0.2) is 54.6 Å². The maximum atomic E-state index is 12.5. The molecular formula is C29H40O4. The minimum Gasteiger partial charge on any atom is -0.481 e. The fourth-order valence-electron chi connectivity index (χ4n) is 5.60. The first kappa shape index (κ1) is 25.4. The Morgan fingerprint density at radius 3 is 2.58 bits per heavy atom. The van der Waals surface area contributed by atoms with Crippen molar-refractivity contribution in [3.05, 3.63) is 60.2 Å². The second kappa shape index (κ2) is 12.3. The number of hydrogen-bond donors (Lipinski definition) is 2. The van der Waals surface area contributed by atoms with E-state index in [2.05, 4.69) is 18.2 Å². The van der Waals surface area contributed by atoms with Gasteiger partial charge in [0.15, 0.2) is 0 Å². The van der Waals surface area contributed by atoms with E-state index in [-0.39, 0.29) is 17.3 Å². The second-order valence-corrected chi connectivity index (χ2v) is 10.0. The summed E-state index contributed by atoms with van der Waals surface area (Å²) >= 11 is 0. The molecule has 0 amide bonds. The molecule has 2 N–H and O–H groups in total. The summed E-state index contributed by atoms with van der Waals surface area (Å²) < 4.78 is 0. The van der Waals surface area contributed by atoms with Crippen molar-refractivity contribution >= 4 is 11.8 Å². The summed E-state index contributed by atoms with van der Waals surface area (Å²) in [5, 5.41) is 20.4. The Morgan fingerprint density at radius 1 is 1.18 bits per heavy atom. The van der Waals surface area contributed by atoms with E-state index in [1.165, 1.54) is 6.42 Å². The average molecular weight is 453 g/mol. The lowest BCUT2D eigenvalue weighted by Crippen LogP contribution is -2.40. The number of hydrogen-bond acceptors (Lipinski definition) is 3. The van der Waals surface area contributed by atoms with Crippen molar-refractivity contribution in [1.29, 1.82) is 0 Å². The van der Waals surface area contributed by atoms with Crippen LogP contribution in [0.5, 0.6) is 0 Å². The zero-order valence-electron chi connectivity index (χ0n) is 20.0. The van der Waals surface area contributed by atoms with Gasteiger partial charge in [-0.25, -0.2) is 0 Å². The van der Waals surface area contributed by atoms with E-state index < -0.39 is 18.0 Å². The molecule has 4 nitrogen and oxygen atoms in total. The third-order valence-electron chi connectivity index (χ3n) is 7.94. The van der Waals surface area contributed by atoms with Crippen LogP contribution in [0.25, 0.3) is 0 Å². The van der Waals surface area contributed by atoms with Crippen LogP contribution in [0.2, 0.25) is 0 Å². The van der Waals surface area contributed by atoms with Gasteiger partial charge in [0.2, 0.25) is 0 Å². The normalized spacial score (nSPS) is 24.2. The van der Waals surface area contributed by atoms with E-state index in [1.807, 2.05) is 43.3 Å². The third kappa shape index (κ3) is 6.66. The van der Waals surface area contributed by atoms with Crippen LogP contribution >= 0.6 is 0 Å². The van der Waals surface area contributed by atoms with E-state index >= 15 is 0 Å². The molecule has 0 spiro atoms. The molecule has 1 aromatic carbocycles. The van der Waals surface area contributed by atoms with Crippen molar-refractivity contribution in [3.63, 3.8) is 0 Å². The predicted octanol–water partition coefficient (Wildman–Crippen LogP) is 6.45. The van der Waals surface area contributed by atoms with Gasteiger partial charge in [-0.15, -0.1) is 0 Å². The molecule has 180 valence electrons. The lowest BCUT2D eigenvalue weighted by molar-refractivity contribution is -0.139. The number of aliphatic carboxylic acids is 1. The van der Waals surface area contributed by atoms with Crippen LogP contribution in [0.3, 0.4) is 0 Å². The zero-order chi connectivity index (χ0) is 23.7. The molecule has 0 radical (unpaired) electrons. The van der Waals surface area contributed by atoms with Gasteiger partial charge in [0.25, 0.3) is 0 Å². The van der Waals surface area contributed by atoms with E-state index in [0.717, 1.165) is 56.9 Å². The Labute approximate surface area is 198 Å². The summed E-state index contributed by atoms with van der Waals surface area (Å²) in [7, 11) is 0. The lowest BCUT2D eigenvalue weighted by atomic mass is 9.63. The molecule has 33 heavy (non-hydrogen) atoms. The number of benzene rings is 1. The molecule has 2 fully saturated rings. The molecule has 2 saturated carbocycles. The highest BCUT2D eigenvalue weighted by atomic mass is 16.4. The first-order valence-electron chi connectivity index (χ1n) is 12.7. The number of carbonyl (C=O) groups excluding carboxylic acids is 1. The minimum absolute atomic E-state index is 0.0133. The summed E-state index contributed by atoms with van der Waals surface area (Å²) in [6.45, 7) is 2.02. The van der Waals surface area contributed by atoms with Gasteiger partial charge >= 0.3 is 5.97 Å². The van der Waals surface area contributed by atoms with Crippen molar-refractivity contribution in [1.82, 2.24) is 0 Å². The van der Waals surface area contributed by atoms with Crippen LogP contribution in [-0.4, -0.2) is 28.1 Å². The standard InChI is InChI=1S/C29H40O4/c1-2-3-19-29(20-10-21-29)27(31)18-16-23-15-17-26(30)24(23)13-8-5-9-14-25(28(32)33)22-11-6-4-7-12-22/h2-4,6-7,11-12,16,18,23-25,27,31H,5,8-10,13-15,17,19-21H2,1H3,(H,32,33)/t23-,24-,25?,27?/m1/s1. The average Bonchev–Trinajstić information content (AvgIpc) is 3.13. The third-order valence-corrected chi connectivity index (χ3v) is 7.94. The second-order valence-electron chi connectivity index (χ2n) is 10.0. The van der Waals surface area contributed by atoms with Crippen LogP contribution in [0, 0.1) is 17.3 Å². The molecule has 1 aromatic rings. The van der Waals surface area contributed by atoms with Gasteiger partial charge in [-0.3, -0.25) is 9.59 Å². The number of rotatable bonds is 13. The number of ketones is 1. The summed E-state index contributed by atoms with van der Waals surface area (Å²) in [4.78, 5) is 24.2. The highest BCUT2D eigenvalue weighted by Crippen LogP contribution is 2.48. The number of Topliss-reactive ketones (excluding diaryl/α,β-unsaturated/α-hetero) is 1. The predicted molar refractivity (Wildman–Crippen MR) is 132 cm³/mol. The molecule has 0 aromatic heterocycles. The Bertz CT molecular complexity index is 821. The Kier molecular flexibility index (Phi) is 9.49. The van der Waals surface area contributed by atoms with Crippen molar-refractivity contribution in [3.8, 4) is 0 Å². The van der Waals surface area contributed by atoms with E-state index in [4.69, 9.17) is 0 Å². The highest BCUT2D eigenvalue weighted by molar-refractivity contribution is 5.83. The largest absolute Gasteiger partial charge is 0.481 e. The molecule has 0 saturated heterocycles. The number of carboxylic acids is 1. The van der Waals surface area contributed by atoms with Crippen molar-refractivity contribution < 1.29 is 19.8 Å². The van der Waals surface area contributed by atoms with Crippen molar-refractivity contribution in [2.24, 2.45) is 17.3 Å². The van der Waals surface area contributed by atoms with Crippen LogP contribution in [-0.2, 0) is 9.59 Å². The molecule has 4 heteroatoms. The topological polar surface area (TPSA) is 74.6 Å². The van der Waals surface area contributed by atoms with Crippen molar-refractivity contribution in [2.45, 2.75) is 89.6 Å². The number of carboxylic acid groups (broad SMARTS) is 1. The SMILES string of the molecule is CC=CCC1(C(O)C=C[C@H]2CCC(=O)[C@@H]2CCCCCC(C(=O)O)c2ccccc2)CCC1. The Morgan fingerprint density at radius 2 is 1.94 bits per heavy atom. The van der Waals surface area contributed by atoms with Gasteiger partial charge in [-0.05, 0) is 56.9 Å². The van der Waals surface area contributed by atoms with Gasteiger partial charge in [0.05, 0.1) is 12.0 Å². The lowest BCUT2D eigenvalue weighted by Gasteiger charge is -2.44. The summed E-state index contributed by atoms with van der Waals surface area (Å²) in [6, 6.07) is 9.43. The molecule has 4 atom stereocenters. The molecule has 2 aliphatic rings. The summed E-state index contributed by atoms with van der Waals surface area (Å²) in [5.41, 5.74) is 0.846. The highest BCUT2D eigenvalue weighted by Gasteiger charge is 2.41.